The van der Waals surface area contributed by atoms with Crippen LogP contribution in [-0.4, -0.2) is 42.3 Å². The summed E-state index contributed by atoms with van der Waals surface area (Å²) >= 11 is 3.37. The van der Waals surface area contributed by atoms with Crippen molar-refractivity contribution in [3.8, 4) is 23.0 Å². The van der Waals surface area contributed by atoms with Crippen molar-refractivity contribution in [3.05, 3.63) is 70.7 Å². The maximum atomic E-state index is 13.9. The van der Waals surface area contributed by atoms with Crippen LogP contribution >= 0.6 is 15.9 Å². The molecule has 0 unspecified atom stereocenters. The Morgan fingerprint density at radius 2 is 1.53 bits per heavy atom. The van der Waals surface area contributed by atoms with Gasteiger partial charge in [-0.2, -0.15) is 4.31 Å². The Morgan fingerprint density at radius 3 is 2.06 bits per heavy atom. The topological polar surface area (TPSA) is 91.4 Å². The smallest absolute Gasteiger partial charge is 0.273 e. The molecule has 0 aliphatic carbocycles. The number of sulfonamides is 1. The highest BCUT2D eigenvalue weighted by atomic mass is 79.9. The summed E-state index contributed by atoms with van der Waals surface area (Å²) in [5.74, 6) is 0.374. The lowest BCUT2D eigenvalue weighted by Gasteiger charge is -2.24. The van der Waals surface area contributed by atoms with Crippen molar-refractivity contribution in [2.24, 2.45) is 0 Å². The SMILES string of the molecule is CCOc1ccc(N(C(=O)c2cc(OC)c(OC)c(OC)c2Br)S(=O)(=O)c2ccccc2)cc1. The van der Waals surface area contributed by atoms with Gasteiger partial charge in [-0.25, -0.2) is 8.42 Å². The third-order valence-corrected chi connectivity index (χ3v) is 7.36. The first kappa shape index (κ1) is 25.4. The van der Waals surface area contributed by atoms with Gasteiger partial charge < -0.3 is 18.9 Å². The van der Waals surface area contributed by atoms with Crippen molar-refractivity contribution in [1.29, 1.82) is 0 Å². The lowest BCUT2D eigenvalue weighted by atomic mass is 10.1. The number of amides is 1. The number of benzene rings is 3. The van der Waals surface area contributed by atoms with Crippen LogP contribution < -0.4 is 23.3 Å². The molecule has 0 saturated carbocycles. The van der Waals surface area contributed by atoms with Crippen LogP contribution in [0.15, 0.2) is 70.0 Å². The highest BCUT2D eigenvalue weighted by molar-refractivity contribution is 9.10. The van der Waals surface area contributed by atoms with Crippen molar-refractivity contribution in [2.45, 2.75) is 11.8 Å². The number of methoxy groups -OCH3 is 3. The van der Waals surface area contributed by atoms with Crippen LogP contribution in [0.3, 0.4) is 0 Å². The standard InChI is InChI=1S/C24H24BrNO7S/c1-5-33-17-13-11-16(12-14-17)26(34(28,29)18-9-7-6-8-10-18)24(27)19-15-20(30-2)22(31-3)23(32-4)21(19)25/h6-15H,5H2,1-4H3. The van der Waals surface area contributed by atoms with Gasteiger partial charge in [-0.1, -0.05) is 18.2 Å². The molecule has 3 aromatic carbocycles. The predicted molar refractivity (Wildman–Crippen MR) is 132 cm³/mol. The van der Waals surface area contributed by atoms with Crippen LogP contribution in [0.2, 0.25) is 0 Å². The molecule has 0 bridgehead atoms. The molecule has 0 N–H and O–H groups in total. The van der Waals surface area contributed by atoms with Crippen molar-refractivity contribution < 1.29 is 32.2 Å². The van der Waals surface area contributed by atoms with E-state index in [9.17, 15) is 13.2 Å². The first-order chi connectivity index (χ1) is 16.3. The van der Waals surface area contributed by atoms with Gasteiger partial charge >= 0.3 is 0 Å². The minimum atomic E-state index is -4.29. The summed E-state index contributed by atoms with van der Waals surface area (Å²) in [6.07, 6.45) is 0. The molecule has 0 saturated heterocycles. The summed E-state index contributed by atoms with van der Waals surface area (Å²) in [7, 11) is -0.0469. The average molecular weight is 550 g/mol. The third kappa shape index (κ3) is 4.83. The van der Waals surface area contributed by atoms with Gasteiger partial charge in [-0.15, -0.1) is 0 Å². The molecule has 0 aliphatic rings. The van der Waals surface area contributed by atoms with Gasteiger partial charge in [0.05, 0.1) is 48.6 Å². The molecule has 34 heavy (non-hydrogen) atoms. The van der Waals surface area contributed by atoms with E-state index in [2.05, 4.69) is 15.9 Å². The molecule has 0 radical (unpaired) electrons. The second-order valence-corrected chi connectivity index (χ2v) is 9.40. The van der Waals surface area contributed by atoms with E-state index in [1.807, 2.05) is 6.92 Å². The molecular weight excluding hydrogens is 526 g/mol. The Balaban J connectivity index is 2.24. The van der Waals surface area contributed by atoms with Gasteiger partial charge in [0.1, 0.15) is 5.75 Å². The number of anilines is 1. The van der Waals surface area contributed by atoms with E-state index in [1.54, 1.807) is 30.3 Å². The third-order valence-electron chi connectivity index (χ3n) is 4.85. The van der Waals surface area contributed by atoms with Crippen LogP contribution in [0.25, 0.3) is 0 Å². The van der Waals surface area contributed by atoms with E-state index < -0.39 is 15.9 Å². The zero-order valence-corrected chi connectivity index (χ0v) is 21.5. The van der Waals surface area contributed by atoms with E-state index in [0.717, 1.165) is 4.31 Å². The van der Waals surface area contributed by atoms with E-state index >= 15 is 0 Å². The lowest BCUT2D eigenvalue weighted by Crippen LogP contribution is -2.37. The van der Waals surface area contributed by atoms with Gasteiger partial charge in [0.15, 0.2) is 11.5 Å². The molecule has 0 aliphatic heterocycles. The minimum Gasteiger partial charge on any atom is -0.494 e. The molecule has 180 valence electrons. The van der Waals surface area contributed by atoms with Crippen molar-refractivity contribution in [3.63, 3.8) is 0 Å². The molecule has 8 nitrogen and oxygen atoms in total. The molecule has 10 heteroatoms. The van der Waals surface area contributed by atoms with Crippen LogP contribution in [0.5, 0.6) is 23.0 Å². The minimum absolute atomic E-state index is 0.00268. The molecule has 0 atom stereocenters. The summed E-state index contributed by atoms with van der Waals surface area (Å²) in [6.45, 7) is 2.29. The maximum absolute atomic E-state index is 13.9. The molecule has 3 rings (SSSR count). The number of carbonyl (C=O) groups is 1. The number of ether oxygens (including phenoxy) is 4. The quantitative estimate of drug-likeness (QED) is 0.374. The first-order valence-corrected chi connectivity index (χ1v) is 12.4. The number of rotatable bonds is 9. The molecule has 3 aromatic rings. The number of halogens is 1. The highest BCUT2D eigenvalue weighted by Crippen LogP contribution is 2.45. The number of carbonyl (C=O) groups excluding carboxylic acids is 1. The van der Waals surface area contributed by atoms with Gasteiger partial charge in [0.2, 0.25) is 5.75 Å². The van der Waals surface area contributed by atoms with E-state index in [4.69, 9.17) is 18.9 Å². The number of nitrogens with zero attached hydrogens (tertiary/aromatic N) is 1. The van der Waals surface area contributed by atoms with E-state index in [-0.39, 0.29) is 37.9 Å². The van der Waals surface area contributed by atoms with Crippen LogP contribution in [-0.2, 0) is 10.0 Å². The molecule has 0 heterocycles. The van der Waals surface area contributed by atoms with Gasteiger partial charge in [-0.05, 0) is 65.3 Å². The number of hydrogen-bond donors (Lipinski definition) is 0. The van der Waals surface area contributed by atoms with Crippen LogP contribution in [0, 0.1) is 0 Å². The van der Waals surface area contributed by atoms with E-state index in [0.29, 0.717) is 12.4 Å². The Labute approximate surface area is 207 Å². The molecule has 0 aromatic heterocycles. The maximum Gasteiger partial charge on any atom is 0.273 e. The zero-order valence-electron chi connectivity index (χ0n) is 19.1. The second kappa shape index (κ2) is 10.8. The van der Waals surface area contributed by atoms with Crippen molar-refractivity contribution in [2.75, 3.05) is 32.2 Å². The summed E-state index contributed by atoms with van der Waals surface area (Å²) in [6, 6.07) is 15.3. The van der Waals surface area contributed by atoms with Gasteiger partial charge in [0.25, 0.3) is 15.9 Å². The fourth-order valence-corrected chi connectivity index (χ4v) is 5.35. The fourth-order valence-electron chi connectivity index (χ4n) is 3.29. The monoisotopic (exact) mass is 549 g/mol. The summed E-state index contributed by atoms with van der Waals surface area (Å²) in [4.78, 5) is 13.8. The first-order valence-electron chi connectivity index (χ1n) is 10.2. The summed E-state index contributed by atoms with van der Waals surface area (Å²) < 4.78 is 49.9. The average Bonchev–Trinajstić information content (AvgIpc) is 2.85. The van der Waals surface area contributed by atoms with Crippen LogP contribution in [0.1, 0.15) is 17.3 Å². The van der Waals surface area contributed by atoms with Gasteiger partial charge in [0, 0.05) is 0 Å². The Morgan fingerprint density at radius 1 is 0.912 bits per heavy atom. The normalized spacial score (nSPS) is 11.0. The summed E-state index contributed by atoms with van der Waals surface area (Å²) in [5, 5.41) is 0. The Bertz CT molecular complexity index is 1260. The molecular formula is C24H24BrNO7S. The van der Waals surface area contributed by atoms with Crippen molar-refractivity contribution in [1.82, 2.24) is 0 Å². The molecule has 0 spiro atoms. The van der Waals surface area contributed by atoms with Crippen molar-refractivity contribution >= 4 is 37.5 Å². The molecule has 1 amide bonds. The van der Waals surface area contributed by atoms with Gasteiger partial charge in [-0.3, -0.25) is 4.79 Å². The Hall–Kier alpha value is -3.24. The number of hydrogen-bond acceptors (Lipinski definition) is 7. The zero-order chi connectivity index (χ0) is 24.9. The Kier molecular flexibility index (Phi) is 8.06. The second-order valence-electron chi connectivity index (χ2n) is 6.82. The highest BCUT2D eigenvalue weighted by Gasteiger charge is 2.35. The summed E-state index contributed by atoms with van der Waals surface area (Å²) in [5.41, 5.74) is 0.140. The van der Waals surface area contributed by atoms with E-state index in [1.165, 1.54) is 51.7 Å². The van der Waals surface area contributed by atoms with Crippen LogP contribution in [0.4, 0.5) is 5.69 Å². The molecule has 0 fully saturated rings. The predicted octanol–water partition coefficient (Wildman–Crippen LogP) is 4.91. The lowest BCUT2D eigenvalue weighted by molar-refractivity contribution is 0.100. The largest absolute Gasteiger partial charge is 0.494 e. The fraction of sp³-hybridized carbons (Fsp3) is 0.208.